The zero-order valence-electron chi connectivity index (χ0n) is 12.9. The SMILES string of the molecule is CC(C)CNCC1(Cc2ccc(Cl)c(F)c2)CCCOC1. The molecular weight excluding hydrogens is 289 g/mol. The Morgan fingerprint density at radius 1 is 1.43 bits per heavy atom. The lowest BCUT2D eigenvalue weighted by Crippen LogP contribution is -2.43. The largest absolute Gasteiger partial charge is 0.381 e. The lowest BCUT2D eigenvalue weighted by molar-refractivity contribution is -0.00742. The number of hydrogen-bond donors (Lipinski definition) is 1. The molecule has 1 saturated heterocycles. The van der Waals surface area contributed by atoms with Crippen LogP contribution in [0.4, 0.5) is 4.39 Å². The summed E-state index contributed by atoms with van der Waals surface area (Å²) in [6, 6.07) is 5.12. The standard InChI is InChI=1S/C17H25ClFNO/c1-13(2)10-20-11-17(6-3-7-21-12-17)9-14-4-5-15(18)16(19)8-14/h4-5,8,13,20H,3,6-7,9-12H2,1-2H3. The predicted octanol–water partition coefficient (Wildman–Crippen LogP) is 4.06. The van der Waals surface area contributed by atoms with Gasteiger partial charge in [-0.1, -0.05) is 31.5 Å². The van der Waals surface area contributed by atoms with E-state index in [2.05, 4.69) is 19.2 Å². The third kappa shape index (κ3) is 4.94. The Labute approximate surface area is 132 Å². The van der Waals surface area contributed by atoms with Gasteiger partial charge in [-0.05, 0) is 49.4 Å². The molecule has 1 aromatic rings. The first-order valence-electron chi connectivity index (χ1n) is 7.73. The van der Waals surface area contributed by atoms with Crippen LogP contribution in [0.3, 0.4) is 0 Å². The molecular formula is C17H25ClFNO. The molecule has 118 valence electrons. The number of benzene rings is 1. The lowest BCUT2D eigenvalue weighted by Gasteiger charge is -2.38. The van der Waals surface area contributed by atoms with Crippen molar-refractivity contribution >= 4 is 11.6 Å². The predicted molar refractivity (Wildman–Crippen MR) is 85.3 cm³/mol. The summed E-state index contributed by atoms with van der Waals surface area (Å²) in [7, 11) is 0. The molecule has 0 spiro atoms. The van der Waals surface area contributed by atoms with Crippen molar-refractivity contribution in [2.75, 3.05) is 26.3 Å². The Balaban J connectivity index is 2.05. The van der Waals surface area contributed by atoms with Crippen LogP contribution in [0.5, 0.6) is 0 Å². The van der Waals surface area contributed by atoms with Crippen molar-refractivity contribution in [3.8, 4) is 0 Å². The molecule has 0 aromatic heterocycles. The molecule has 1 heterocycles. The molecule has 0 bridgehead atoms. The van der Waals surface area contributed by atoms with Crippen LogP contribution >= 0.6 is 11.6 Å². The van der Waals surface area contributed by atoms with Crippen LogP contribution in [0.25, 0.3) is 0 Å². The van der Waals surface area contributed by atoms with Gasteiger partial charge in [0.1, 0.15) is 5.82 Å². The maximum atomic E-state index is 13.6. The van der Waals surface area contributed by atoms with E-state index < -0.39 is 0 Å². The van der Waals surface area contributed by atoms with Gasteiger partial charge in [-0.2, -0.15) is 0 Å². The van der Waals surface area contributed by atoms with Crippen LogP contribution in [0.1, 0.15) is 32.3 Å². The molecule has 1 atom stereocenters. The summed E-state index contributed by atoms with van der Waals surface area (Å²) in [6.45, 7) is 7.88. The van der Waals surface area contributed by atoms with Gasteiger partial charge in [-0.25, -0.2) is 4.39 Å². The summed E-state index contributed by atoms with van der Waals surface area (Å²) in [5, 5.41) is 3.73. The fourth-order valence-electron chi connectivity index (χ4n) is 2.96. The highest BCUT2D eigenvalue weighted by molar-refractivity contribution is 6.30. The van der Waals surface area contributed by atoms with E-state index in [0.29, 0.717) is 5.92 Å². The van der Waals surface area contributed by atoms with Crippen LogP contribution in [0, 0.1) is 17.2 Å². The highest BCUT2D eigenvalue weighted by Gasteiger charge is 2.33. The normalized spacial score (nSPS) is 22.7. The van der Waals surface area contributed by atoms with E-state index in [1.165, 1.54) is 0 Å². The van der Waals surface area contributed by atoms with Crippen molar-refractivity contribution in [2.24, 2.45) is 11.3 Å². The molecule has 1 aromatic carbocycles. The van der Waals surface area contributed by atoms with Gasteiger partial charge in [0.15, 0.2) is 0 Å². The number of ether oxygens (including phenoxy) is 1. The lowest BCUT2D eigenvalue weighted by atomic mass is 9.77. The summed E-state index contributed by atoms with van der Waals surface area (Å²) in [5.41, 5.74) is 1.06. The molecule has 0 radical (unpaired) electrons. The van der Waals surface area contributed by atoms with Gasteiger partial charge >= 0.3 is 0 Å². The second-order valence-electron chi connectivity index (χ2n) is 6.61. The number of nitrogens with one attached hydrogen (secondary N) is 1. The summed E-state index contributed by atoms with van der Waals surface area (Å²) in [5.74, 6) is 0.288. The van der Waals surface area contributed by atoms with Crippen molar-refractivity contribution in [3.05, 3.63) is 34.6 Å². The summed E-state index contributed by atoms with van der Waals surface area (Å²) in [6.07, 6.45) is 3.01. The van der Waals surface area contributed by atoms with Crippen LogP contribution in [0.2, 0.25) is 5.02 Å². The van der Waals surface area contributed by atoms with Gasteiger partial charge in [-0.15, -0.1) is 0 Å². The first-order chi connectivity index (χ1) is 10.0. The monoisotopic (exact) mass is 313 g/mol. The Kier molecular flexibility index (Phi) is 6.03. The average Bonchev–Trinajstić information content (AvgIpc) is 2.43. The zero-order valence-corrected chi connectivity index (χ0v) is 13.7. The van der Waals surface area contributed by atoms with Crippen molar-refractivity contribution in [1.29, 1.82) is 0 Å². The van der Waals surface area contributed by atoms with Gasteiger partial charge in [0.05, 0.1) is 11.6 Å². The number of hydrogen-bond acceptors (Lipinski definition) is 2. The van der Waals surface area contributed by atoms with Crippen molar-refractivity contribution in [1.82, 2.24) is 5.32 Å². The van der Waals surface area contributed by atoms with Gasteiger partial charge in [-0.3, -0.25) is 0 Å². The van der Waals surface area contributed by atoms with Crippen LogP contribution in [-0.4, -0.2) is 26.3 Å². The molecule has 1 fully saturated rings. The van der Waals surface area contributed by atoms with E-state index in [-0.39, 0.29) is 16.3 Å². The fraction of sp³-hybridized carbons (Fsp3) is 0.647. The van der Waals surface area contributed by atoms with E-state index >= 15 is 0 Å². The van der Waals surface area contributed by atoms with E-state index in [1.54, 1.807) is 12.1 Å². The molecule has 2 nitrogen and oxygen atoms in total. The minimum atomic E-state index is -0.337. The van der Waals surface area contributed by atoms with E-state index in [4.69, 9.17) is 16.3 Å². The average molecular weight is 314 g/mol. The van der Waals surface area contributed by atoms with E-state index in [1.807, 2.05) is 6.07 Å². The number of rotatable bonds is 6. The van der Waals surface area contributed by atoms with Crippen LogP contribution < -0.4 is 5.32 Å². The summed E-state index contributed by atoms with van der Waals surface area (Å²) >= 11 is 5.76. The van der Waals surface area contributed by atoms with Crippen molar-refractivity contribution < 1.29 is 9.13 Å². The smallest absolute Gasteiger partial charge is 0.142 e. The topological polar surface area (TPSA) is 21.3 Å². The molecule has 2 rings (SSSR count). The third-order valence-electron chi connectivity index (χ3n) is 4.02. The Morgan fingerprint density at radius 3 is 2.86 bits per heavy atom. The highest BCUT2D eigenvalue weighted by Crippen LogP contribution is 2.33. The molecule has 1 N–H and O–H groups in total. The van der Waals surface area contributed by atoms with Crippen molar-refractivity contribution in [3.63, 3.8) is 0 Å². The second kappa shape index (κ2) is 7.57. The maximum Gasteiger partial charge on any atom is 0.142 e. The third-order valence-corrected chi connectivity index (χ3v) is 4.33. The Morgan fingerprint density at radius 2 is 2.24 bits per heavy atom. The molecule has 0 saturated carbocycles. The first kappa shape index (κ1) is 16.7. The van der Waals surface area contributed by atoms with Gasteiger partial charge in [0, 0.05) is 18.6 Å². The highest BCUT2D eigenvalue weighted by atomic mass is 35.5. The molecule has 1 aliphatic heterocycles. The van der Waals surface area contributed by atoms with Crippen LogP contribution in [-0.2, 0) is 11.2 Å². The molecule has 4 heteroatoms. The van der Waals surface area contributed by atoms with Crippen molar-refractivity contribution in [2.45, 2.75) is 33.1 Å². The van der Waals surface area contributed by atoms with E-state index in [9.17, 15) is 4.39 Å². The van der Waals surface area contributed by atoms with Gasteiger partial charge < -0.3 is 10.1 Å². The molecule has 0 aliphatic carbocycles. The quantitative estimate of drug-likeness (QED) is 0.855. The maximum absolute atomic E-state index is 13.6. The minimum Gasteiger partial charge on any atom is -0.381 e. The zero-order chi connectivity index (χ0) is 15.3. The van der Waals surface area contributed by atoms with Gasteiger partial charge in [0.25, 0.3) is 0 Å². The number of halogens is 2. The second-order valence-corrected chi connectivity index (χ2v) is 7.01. The Bertz CT molecular complexity index is 458. The Hall–Kier alpha value is -0.640. The molecule has 0 amide bonds. The van der Waals surface area contributed by atoms with Gasteiger partial charge in [0.2, 0.25) is 0 Å². The molecule has 1 aliphatic rings. The summed E-state index contributed by atoms with van der Waals surface area (Å²) < 4.78 is 19.3. The van der Waals surface area contributed by atoms with Crippen LogP contribution in [0.15, 0.2) is 18.2 Å². The van der Waals surface area contributed by atoms with E-state index in [0.717, 1.165) is 51.1 Å². The molecule has 1 unspecified atom stereocenters. The first-order valence-corrected chi connectivity index (χ1v) is 8.11. The fourth-order valence-corrected chi connectivity index (χ4v) is 3.08. The molecule has 21 heavy (non-hydrogen) atoms. The minimum absolute atomic E-state index is 0.0629. The summed E-state index contributed by atoms with van der Waals surface area (Å²) in [4.78, 5) is 0.